The number of carbonyl (C=O) groups excluding carboxylic acids is 1. The van der Waals surface area contributed by atoms with E-state index < -0.39 is 5.97 Å². The van der Waals surface area contributed by atoms with Crippen molar-refractivity contribution >= 4 is 12.0 Å². The fraction of sp³-hybridized carbons (Fsp3) is 0.600. The molecule has 5 nitrogen and oxygen atoms in total. The Bertz CT molecular complexity index is 575. The predicted molar refractivity (Wildman–Crippen MR) is 98.5 cm³/mol. The molecular formula is C20H30N2O3. The minimum atomic E-state index is -0.757. The lowest BCUT2D eigenvalue weighted by Crippen LogP contribution is -2.47. The van der Waals surface area contributed by atoms with Crippen LogP contribution in [0.1, 0.15) is 57.2 Å². The summed E-state index contributed by atoms with van der Waals surface area (Å²) < 4.78 is 0. The molecule has 1 unspecified atom stereocenters. The lowest BCUT2D eigenvalue weighted by molar-refractivity contribution is -0.143. The van der Waals surface area contributed by atoms with E-state index in [1.807, 2.05) is 0 Å². The third kappa shape index (κ3) is 5.21. The van der Waals surface area contributed by atoms with E-state index >= 15 is 0 Å². The molecule has 0 spiro atoms. The van der Waals surface area contributed by atoms with E-state index in [-0.39, 0.29) is 23.9 Å². The zero-order chi connectivity index (χ0) is 18.4. The van der Waals surface area contributed by atoms with Gasteiger partial charge in [0.25, 0.3) is 0 Å². The van der Waals surface area contributed by atoms with E-state index in [4.69, 9.17) is 5.11 Å². The second kappa shape index (κ2) is 8.88. The molecule has 0 bridgehead atoms. The van der Waals surface area contributed by atoms with Crippen LogP contribution in [-0.4, -0.2) is 35.1 Å². The molecule has 1 aliphatic heterocycles. The molecule has 0 saturated carbocycles. The van der Waals surface area contributed by atoms with Crippen molar-refractivity contribution in [3.8, 4) is 0 Å². The number of nitrogens with one attached hydrogen (secondary N) is 1. The second-order valence-corrected chi connectivity index (χ2v) is 7.26. The normalized spacial score (nSPS) is 16.7. The first-order chi connectivity index (χ1) is 11.9. The van der Waals surface area contributed by atoms with Gasteiger partial charge >= 0.3 is 12.0 Å². The SMILES string of the molecule is CCCc1ccc(C(NC(=O)N2CCC(C(=O)O)CC2)C(C)C)cc1. The molecular weight excluding hydrogens is 316 g/mol. The number of piperidine rings is 1. The van der Waals surface area contributed by atoms with Crippen molar-refractivity contribution in [1.29, 1.82) is 0 Å². The molecule has 1 aromatic carbocycles. The van der Waals surface area contributed by atoms with Crippen LogP contribution in [0.25, 0.3) is 0 Å². The first-order valence-electron chi connectivity index (χ1n) is 9.29. The Kier molecular flexibility index (Phi) is 6.85. The van der Waals surface area contributed by atoms with Crippen molar-refractivity contribution < 1.29 is 14.7 Å². The monoisotopic (exact) mass is 346 g/mol. The number of carbonyl (C=O) groups is 2. The van der Waals surface area contributed by atoms with Crippen LogP contribution in [0.2, 0.25) is 0 Å². The van der Waals surface area contributed by atoms with Crippen molar-refractivity contribution in [2.75, 3.05) is 13.1 Å². The van der Waals surface area contributed by atoms with Crippen LogP contribution >= 0.6 is 0 Å². The van der Waals surface area contributed by atoms with Crippen LogP contribution in [0.4, 0.5) is 4.79 Å². The Hall–Kier alpha value is -2.04. The van der Waals surface area contributed by atoms with Crippen LogP contribution in [0, 0.1) is 11.8 Å². The van der Waals surface area contributed by atoms with E-state index in [0.717, 1.165) is 18.4 Å². The Labute approximate surface area is 150 Å². The molecule has 25 heavy (non-hydrogen) atoms. The number of aryl methyl sites for hydroxylation is 1. The summed E-state index contributed by atoms with van der Waals surface area (Å²) in [5.41, 5.74) is 2.43. The van der Waals surface area contributed by atoms with Crippen molar-refractivity contribution in [1.82, 2.24) is 10.2 Å². The third-order valence-corrected chi connectivity index (χ3v) is 4.95. The summed E-state index contributed by atoms with van der Waals surface area (Å²) in [6.07, 6.45) is 3.25. The van der Waals surface area contributed by atoms with Gasteiger partial charge in [-0.2, -0.15) is 0 Å². The van der Waals surface area contributed by atoms with Gasteiger partial charge in [-0.25, -0.2) is 4.79 Å². The first kappa shape index (κ1) is 19.3. The van der Waals surface area contributed by atoms with Crippen LogP contribution in [-0.2, 0) is 11.2 Å². The highest BCUT2D eigenvalue weighted by Crippen LogP contribution is 2.24. The maximum Gasteiger partial charge on any atom is 0.317 e. The minimum absolute atomic E-state index is 0.0413. The molecule has 0 aromatic heterocycles. The molecule has 1 aromatic rings. The fourth-order valence-corrected chi connectivity index (χ4v) is 3.37. The standard InChI is InChI=1S/C20H30N2O3/c1-4-5-15-6-8-16(9-7-15)18(14(2)3)21-20(25)22-12-10-17(11-13-22)19(23)24/h6-9,14,17-18H,4-5,10-13H2,1-3H3,(H,21,25)(H,23,24). The number of carboxylic acid groups (broad SMARTS) is 1. The molecule has 0 aliphatic carbocycles. The number of nitrogens with zero attached hydrogens (tertiary/aromatic N) is 1. The molecule has 1 fully saturated rings. The average Bonchev–Trinajstić information content (AvgIpc) is 2.60. The van der Waals surface area contributed by atoms with Crippen molar-refractivity contribution in [3.05, 3.63) is 35.4 Å². The topological polar surface area (TPSA) is 69.6 Å². The number of benzene rings is 1. The number of urea groups is 1. The van der Waals surface area contributed by atoms with Crippen LogP contribution < -0.4 is 5.32 Å². The average molecular weight is 346 g/mol. The van der Waals surface area contributed by atoms with E-state index in [1.54, 1.807) is 4.90 Å². The summed E-state index contributed by atoms with van der Waals surface area (Å²) in [5.74, 6) is -0.805. The molecule has 0 radical (unpaired) electrons. The zero-order valence-corrected chi connectivity index (χ0v) is 15.5. The quantitative estimate of drug-likeness (QED) is 0.822. The Morgan fingerprint density at radius 1 is 1.20 bits per heavy atom. The predicted octanol–water partition coefficient (Wildman–Crippen LogP) is 3.84. The molecule has 2 N–H and O–H groups in total. The van der Waals surface area contributed by atoms with Gasteiger partial charge in [0.1, 0.15) is 0 Å². The van der Waals surface area contributed by atoms with Crippen molar-refractivity contribution in [3.63, 3.8) is 0 Å². The number of amides is 2. The number of aliphatic carboxylic acids is 1. The lowest BCUT2D eigenvalue weighted by atomic mass is 9.94. The van der Waals surface area contributed by atoms with Gasteiger partial charge in [-0.1, -0.05) is 51.5 Å². The maximum atomic E-state index is 12.6. The number of hydrogen-bond acceptors (Lipinski definition) is 2. The van der Waals surface area contributed by atoms with E-state index in [9.17, 15) is 9.59 Å². The number of likely N-dealkylation sites (tertiary alicyclic amines) is 1. The smallest absolute Gasteiger partial charge is 0.317 e. The summed E-state index contributed by atoms with van der Waals surface area (Å²) >= 11 is 0. The second-order valence-electron chi connectivity index (χ2n) is 7.26. The summed E-state index contributed by atoms with van der Waals surface area (Å²) in [5, 5.41) is 12.2. The molecule has 5 heteroatoms. The van der Waals surface area contributed by atoms with E-state index in [2.05, 4.69) is 50.4 Å². The van der Waals surface area contributed by atoms with Crippen molar-refractivity contribution in [2.24, 2.45) is 11.8 Å². The summed E-state index contributed by atoms with van der Waals surface area (Å²) in [6, 6.07) is 8.34. The summed E-state index contributed by atoms with van der Waals surface area (Å²) in [7, 11) is 0. The van der Waals surface area contributed by atoms with E-state index in [1.165, 1.54) is 5.56 Å². The Morgan fingerprint density at radius 3 is 2.28 bits per heavy atom. The minimum Gasteiger partial charge on any atom is -0.481 e. The molecule has 1 atom stereocenters. The van der Waals surface area contributed by atoms with Gasteiger partial charge in [0, 0.05) is 13.1 Å². The number of hydrogen-bond donors (Lipinski definition) is 2. The maximum absolute atomic E-state index is 12.6. The van der Waals surface area contributed by atoms with Crippen LogP contribution in [0.5, 0.6) is 0 Å². The van der Waals surface area contributed by atoms with Gasteiger partial charge in [0.2, 0.25) is 0 Å². The van der Waals surface area contributed by atoms with E-state index in [0.29, 0.717) is 25.9 Å². The highest BCUT2D eigenvalue weighted by molar-refractivity contribution is 5.76. The number of carboxylic acids is 1. The van der Waals surface area contributed by atoms with Crippen LogP contribution in [0.15, 0.2) is 24.3 Å². The van der Waals surface area contributed by atoms with Crippen LogP contribution in [0.3, 0.4) is 0 Å². The first-order valence-corrected chi connectivity index (χ1v) is 9.29. The molecule has 1 aliphatic rings. The van der Waals surface area contributed by atoms with Gasteiger partial charge in [-0.05, 0) is 36.3 Å². The third-order valence-electron chi connectivity index (χ3n) is 4.95. The van der Waals surface area contributed by atoms with Crippen molar-refractivity contribution in [2.45, 2.75) is 52.5 Å². The molecule has 1 saturated heterocycles. The van der Waals surface area contributed by atoms with Gasteiger partial charge in [-0.15, -0.1) is 0 Å². The number of rotatable bonds is 6. The Balaban J connectivity index is 1.99. The summed E-state index contributed by atoms with van der Waals surface area (Å²) in [4.78, 5) is 25.4. The van der Waals surface area contributed by atoms with Gasteiger partial charge in [0.15, 0.2) is 0 Å². The molecule has 1 heterocycles. The van der Waals surface area contributed by atoms with Gasteiger partial charge in [-0.3, -0.25) is 4.79 Å². The zero-order valence-electron chi connectivity index (χ0n) is 15.5. The highest BCUT2D eigenvalue weighted by Gasteiger charge is 2.28. The molecule has 2 amide bonds. The highest BCUT2D eigenvalue weighted by atomic mass is 16.4. The Morgan fingerprint density at radius 2 is 1.80 bits per heavy atom. The van der Waals surface area contributed by atoms with Gasteiger partial charge < -0.3 is 15.3 Å². The molecule has 138 valence electrons. The largest absolute Gasteiger partial charge is 0.481 e. The lowest BCUT2D eigenvalue weighted by Gasteiger charge is -2.33. The molecule has 2 rings (SSSR count). The fourth-order valence-electron chi connectivity index (χ4n) is 3.37. The van der Waals surface area contributed by atoms with Gasteiger partial charge in [0.05, 0.1) is 12.0 Å². The summed E-state index contributed by atoms with van der Waals surface area (Å²) in [6.45, 7) is 7.37.